The summed E-state index contributed by atoms with van der Waals surface area (Å²) in [5.41, 5.74) is 0.246. The molecular formula is C18H27FN2O2. The quantitative estimate of drug-likeness (QED) is 0.924. The van der Waals surface area contributed by atoms with Gasteiger partial charge in [-0.3, -0.25) is 0 Å². The monoisotopic (exact) mass is 322 g/mol. The molecule has 1 heterocycles. The molecule has 1 saturated heterocycles. The molecule has 1 fully saturated rings. The van der Waals surface area contributed by atoms with Crippen LogP contribution in [0.3, 0.4) is 0 Å². The average molecular weight is 322 g/mol. The minimum Gasteiger partial charge on any atom is -0.444 e. The molecule has 0 aliphatic carbocycles. The molecule has 0 aromatic heterocycles. The topological polar surface area (TPSA) is 41.6 Å². The van der Waals surface area contributed by atoms with Crippen LogP contribution in [0.2, 0.25) is 0 Å². The van der Waals surface area contributed by atoms with Crippen molar-refractivity contribution in [3.8, 4) is 0 Å². The first kappa shape index (κ1) is 17.7. The number of hydrogen-bond donors (Lipinski definition) is 1. The van der Waals surface area contributed by atoms with E-state index < -0.39 is 5.60 Å². The van der Waals surface area contributed by atoms with Crippen LogP contribution in [0.4, 0.5) is 9.18 Å². The Morgan fingerprint density at radius 2 is 2.13 bits per heavy atom. The Kier molecular flexibility index (Phi) is 5.63. The first-order chi connectivity index (χ1) is 10.7. The number of nitrogens with one attached hydrogen (secondary N) is 1. The summed E-state index contributed by atoms with van der Waals surface area (Å²) in [4.78, 5) is 13.8. The first-order valence-electron chi connectivity index (χ1n) is 8.22. The number of rotatable bonds is 4. The van der Waals surface area contributed by atoms with Crippen LogP contribution < -0.4 is 5.32 Å². The van der Waals surface area contributed by atoms with Crippen LogP contribution in [0.25, 0.3) is 0 Å². The normalized spacial score (nSPS) is 19.7. The molecule has 5 heteroatoms. The van der Waals surface area contributed by atoms with E-state index in [4.69, 9.17) is 4.74 Å². The lowest BCUT2D eigenvalue weighted by Crippen LogP contribution is -2.41. The molecule has 2 rings (SSSR count). The number of carbonyl (C=O) groups excluding carboxylic acids is 1. The minimum absolute atomic E-state index is 0.149. The van der Waals surface area contributed by atoms with Gasteiger partial charge in [0.05, 0.1) is 0 Å². The van der Waals surface area contributed by atoms with E-state index in [9.17, 15) is 9.18 Å². The lowest BCUT2D eigenvalue weighted by atomic mass is 10.1. The van der Waals surface area contributed by atoms with Crippen LogP contribution in [0, 0.1) is 5.82 Å². The summed E-state index contributed by atoms with van der Waals surface area (Å²) in [6.45, 7) is 8.98. The Balaban J connectivity index is 1.81. The molecule has 23 heavy (non-hydrogen) atoms. The SMILES string of the molecule is CC(Cc1ccccc1F)NC1CCN(C(=O)OC(C)(C)C)C1. The molecule has 0 spiro atoms. The summed E-state index contributed by atoms with van der Waals surface area (Å²) >= 11 is 0. The van der Waals surface area contributed by atoms with Gasteiger partial charge in [-0.2, -0.15) is 0 Å². The third kappa shape index (κ3) is 5.50. The van der Waals surface area contributed by atoms with Gasteiger partial charge in [-0.25, -0.2) is 9.18 Å². The fourth-order valence-corrected chi connectivity index (χ4v) is 2.84. The van der Waals surface area contributed by atoms with E-state index in [1.807, 2.05) is 39.8 Å². The molecule has 1 aromatic rings. The predicted molar refractivity (Wildman–Crippen MR) is 88.9 cm³/mol. The van der Waals surface area contributed by atoms with Crippen molar-refractivity contribution in [2.45, 2.75) is 58.2 Å². The smallest absolute Gasteiger partial charge is 0.410 e. The maximum atomic E-state index is 13.7. The zero-order chi connectivity index (χ0) is 17.0. The number of benzene rings is 1. The fourth-order valence-electron chi connectivity index (χ4n) is 2.84. The Morgan fingerprint density at radius 1 is 1.43 bits per heavy atom. The second-order valence-corrected chi connectivity index (χ2v) is 7.28. The largest absolute Gasteiger partial charge is 0.444 e. The summed E-state index contributed by atoms with van der Waals surface area (Å²) in [6.07, 6.45) is 1.26. The lowest BCUT2D eigenvalue weighted by Gasteiger charge is -2.25. The summed E-state index contributed by atoms with van der Waals surface area (Å²) in [5, 5.41) is 3.49. The van der Waals surface area contributed by atoms with E-state index in [1.54, 1.807) is 11.0 Å². The molecule has 1 N–H and O–H groups in total. The summed E-state index contributed by atoms with van der Waals surface area (Å²) in [7, 11) is 0. The maximum Gasteiger partial charge on any atom is 0.410 e. The second-order valence-electron chi connectivity index (χ2n) is 7.28. The molecule has 128 valence electrons. The molecular weight excluding hydrogens is 295 g/mol. The molecule has 2 unspecified atom stereocenters. The molecule has 1 aliphatic rings. The highest BCUT2D eigenvalue weighted by atomic mass is 19.1. The Hall–Kier alpha value is -1.62. The Morgan fingerprint density at radius 3 is 2.78 bits per heavy atom. The van der Waals surface area contributed by atoms with Crippen molar-refractivity contribution in [1.29, 1.82) is 0 Å². The van der Waals surface area contributed by atoms with E-state index in [0.29, 0.717) is 19.5 Å². The number of carbonyl (C=O) groups is 1. The van der Waals surface area contributed by atoms with Crippen molar-refractivity contribution in [2.75, 3.05) is 13.1 Å². The van der Waals surface area contributed by atoms with Gasteiger partial charge in [0.25, 0.3) is 0 Å². The van der Waals surface area contributed by atoms with E-state index in [-0.39, 0.29) is 24.0 Å². The third-order valence-corrected chi connectivity index (χ3v) is 3.84. The summed E-state index contributed by atoms with van der Waals surface area (Å²) in [5.74, 6) is -0.164. The number of amides is 1. The van der Waals surface area contributed by atoms with E-state index in [2.05, 4.69) is 5.32 Å². The molecule has 0 radical (unpaired) electrons. The molecule has 2 atom stereocenters. The maximum absolute atomic E-state index is 13.7. The van der Waals surface area contributed by atoms with Crippen LogP contribution in [0.5, 0.6) is 0 Å². The van der Waals surface area contributed by atoms with Crippen molar-refractivity contribution in [3.63, 3.8) is 0 Å². The van der Waals surface area contributed by atoms with Crippen LogP contribution in [-0.2, 0) is 11.2 Å². The number of hydrogen-bond acceptors (Lipinski definition) is 3. The molecule has 1 aliphatic heterocycles. The zero-order valence-electron chi connectivity index (χ0n) is 14.4. The van der Waals surface area contributed by atoms with Crippen LogP contribution in [0.1, 0.15) is 39.7 Å². The van der Waals surface area contributed by atoms with Crippen molar-refractivity contribution in [2.24, 2.45) is 0 Å². The molecule has 4 nitrogen and oxygen atoms in total. The standard InChI is InChI=1S/C18H27FN2O2/c1-13(11-14-7-5-6-8-16(14)19)20-15-9-10-21(12-15)17(22)23-18(2,3)4/h5-8,13,15,20H,9-12H2,1-4H3. The van der Waals surface area contributed by atoms with Gasteiger partial charge in [0.2, 0.25) is 0 Å². The van der Waals surface area contributed by atoms with Gasteiger partial charge in [-0.15, -0.1) is 0 Å². The average Bonchev–Trinajstić information content (AvgIpc) is 2.88. The molecule has 1 aromatic carbocycles. The van der Waals surface area contributed by atoms with Crippen LogP contribution in [-0.4, -0.2) is 41.8 Å². The number of nitrogens with zero attached hydrogens (tertiary/aromatic N) is 1. The Bertz CT molecular complexity index is 542. The predicted octanol–water partition coefficient (Wildman–Crippen LogP) is 3.36. The van der Waals surface area contributed by atoms with Gasteiger partial charge in [-0.1, -0.05) is 18.2 Å². The highest BCUT2D eigenvalue weighted by molar-refractivity contribution is 5.68. The first-order valence-corrected chi connectivity index (χ1v) is 8.22. The lowest BCUT2D eigenvalue weighted by molar-refractivity contribution is 0.0290. The second kappa shape index (κ2) is 7.30. The van der Waals surface area contributed by atoms with Gasteiger partial charge >= 0.3 is 6.09 Å². The van der Waals surface area contributed by atoms with E-state index in [1.165, 1.54) is 6.07 Å². The zero-order valence-corrected chi connectivity index (χ0v) is 14.4. The van der Waals surface area contributed by atoms with Gasteiger partial charge in [-0.05, 0) is 52.2 Å². The third-order valence-electron chi connectivity index (χ3n) is 3.84. The Labute approximate surface area is 138 Å². The molecule has 1 amide bonds. The van der Waals surface area contributed by atoms with E-state index in [0.717, 1.165) is 12.0 Å². The number of likely N-dealkylation sites (tertiary alicyclic amines) is 1. The van der Waals surface area contributed by atoms with Gasteiger partial charge in [0.1, 0.15) is 11.4 Å². The van der Waals surface area contributed by atoms with E-state index >= 15 is 0 Å². The fraction of sp³-hybridized carbons (Fsp3) is 0.611. The number of halogens is 1. The van der Waals surface area contributed by atoms with Crippen LogP contribution in [0.15, 0.2) is 24.3 Å². The van der Waals surface area contributed by atoms with Gasteiger partial charge in [0.15, 0.2) is 0 Å². The summed E-state index contributed by atoms with van der Waals surface area (Å²) < 4.78 is 19.1. The van der Waals surface area contributed by atoms with Crippen molar-refractivity contribution in [1.82, 2.24) is 10.2 Å². The molecule has 0 saturated carbocycles. The highest BCUT2D eigenvalue weighted by Crippen LogP contribution is 2.16. The van der Waals surface area contributed by atoms with Crippen LogP contribution >= 0.6 is 0 Å². The number of ether oxygens (including phenoxy) is 1. The van der Waals surface area contributed by atoms with Crippen molar-refractivity contribution in [3.05, 3.63) is 35.6 Å². The van der Waals surface area contributed by atoms with Gasteiger partial charge < -0.3 is 15.0 Å². The van der Waals surface area contributed by atoms with Gasteiger partial charge in [0, 0.05) is 25.2 Å². The minimum atomic E-state index is -0.472. The highest BCUT2D eigenvalue weighted by Gasteiger charge is 2.30. The summed E-state index contributed by atoms with van der Waals surface area (Å²) in [6, 6.07) is 7.23. The van der Waals surface area contributed by atoms with Crippen molar-refractivity contribution >= 4 is 6.09 Å². The van der Waals surface area contributed by atoms with Crippen molar-refractivity contribution < 1.29 is 13.9 Å². The molecule has 0 bridgehead atoms.